The molecule has 0 radical (unpaired) electrons. The molecule has 2 N–H and O–H groups in total. The standard InChI is InChI=1S/C15H16N2O3S/c1-9(2)15-16-12(18)8-13(17-15)21-11-5-3-10(4-6-11)7-14(19)20/h3-6,8-9H,7H2,1-2H3,(H,19,20)(H,16,17,18). The second-order valence-electron chi connectivity index (χ2n) is 4.94. The van der Waals surface area contributed by atoms with E-state index in [-0.39, 0.29) is 17.9 Å². The molecular weight excluding hydrogens is 288 g/mol. The Hall–Kier alpha value is -2.08. The minimum absolute atomic E-state index is 0.00565. The number of nitrogens with zero attached hydrogens (tertiary/aromatic N) is 1. The second kappa shape index (κ2) is 6.58. The largest absolute Gasteiger partial charge is 0.481 e. The van der Waals surface area contributed by atoms with Gasteiger partial charge in [-0.15, -0.1) is 0 Å². The van der Waals surface area contributed by atoms with Gasteiger partial charge in [-0.3, -0.25) is 9.59 Å². The number of benzene rings is 1. The zero-order chi connectivity index (χ0) is 15.4. The van der Waals surface area contributed by atoms with Crippen LogP contribution in [0, 0.1) is 0 Å². The Kier molecular flexibility index (Phi) is 4.80. The highest BCUT2D eigenvalue weighted by Gasteiger charge is 2.07. The molecule has 0 saturated carbocycles. The van der Waals surface area contributed by atoms with Crippen LogP contribution in [-0.2, 0) is 11.2 Å². The van der Waals surface area contributed by atoms with E-state index in [0.29, 0.717) is 10.9 Å². The Balaban J connectivity index is 2.18. The fourth-order valence-electron chi connectivity index (χ4n) is 1.75. The molecule has 0 aliphatic rings. The third kappa shape index (κ3) is 4.46. The molecule has 1 aromatic heterocycles. The lowest BCUT2D eigenvalue weighted by molar-refractivity contribution is -0.136. The third-order valence-electron chi connectivity index (χ3n) is 2.78. The quantitative estimate of drug-likeness (QED) is 0.830. The maximum atomic E-state index is 11.6. The molecule has 0 aliphatic carbocycles. The molecule has 21 heavy (non-hydrogen) atoms. The topological polar surface area (TPSA) is 83.0 Å². The van der Waals surface area contributed by atoms with Crippen molar-refractivity contribution in [2.24, 2.45) is 0 Å². The van der Waals surface area contributed by atoms with Gasteiger partial charge >= 0.3 is 5.97 Å². The fourth-order valence-corrected chi connectivity index (χ4v) is 2.57. The lowest BCUT2D eigenvalue weighted by atomic mass is 10.2. The molecule has 0 saturated heterocycles. The molecule has 2 rings (SSSR count). The van der Waals surface area contributed by atoms with Gasteiger partial charge in [0, 0.05) is 16.9 Å². The van der Waals surface area contributed by atoms with Gasteiger partial charge in [-0.1, -0.05) is 37.7 Å². The minimum atomic E-state index is -0.853. The predicted octanol–water partition coefficient (Wildman–Crippen LogP) is 2.67. The van der Waals surface area contributed by atoms with E-state index >= 15 is 0 Å². The van der Waals surface area contributed by atoms with E-state index in [2.05, 4.69) is 9.97 Å². The molecule has 1 aromatic carbocycles. The molecule has 0 bridgehead atoms. The van der Waals surface area contributed by atoms with Crippen LogP contribution in [0.15, 0.2) is 45.0 Å². The summed E-state index contributed by atoms with van der Waals surface area (Å²) in [5, 5.41) is 9.36. The van der Waals surface area contributed by atoms with E-state index in [1.165, 1.54) is 17.8 Å². The van der Waals surface area contributed by atoms with Crippen molar-refractivity contribution < 1.29 is 9.90 Å². The lowest BCUT2D eigenvalue weighted by Gasteiger charge is -2.07. The summed E-state index contributed by atoms with van der Waals surface area (Å²) in [6, 6.07) is 8.67. The van der Waals surface area contributed by atoms with Gasteiger partial charge < -0.3 is 10.1 Å². The molecule has 2 aromatic rings. The summed E-state index contributed by atoms with van der Waals surface area (Å²) in [5.74, 6) is -0.0445. The number of carbonyl (C=O) groups is 1. The summed E-state index contributed by atoms with van der Waals surface area (Å²) >= 11 is 1.38. The highest BCUT2D eigenvalue weighted by atomic mass is 32.2. The maximum Gasteiger partial charge on any atom is 0.307 e. The number of rotatable bonds is 5. The number of hydrogen-bond donors (Lipinski definition) is 2. The van der Waals surface area contributed by atoms with Crippen molar-refractivity contribution >= 4 is 17.7 Å². The van der Waals surface area contributed by atoms with Crippen molar-refractivity contribution in [1.82, 2.24) is 9.97 Å². The molecule has 1 heterocycles. The number of hydrogen-bond acceptors (Lipinski definition) is 4. The monoisotopic (exact) mass is 304 g/mol. The number of nitrogens with one attached hydrogen (secondary N) is 1. The van der Waals surface area contributed by atoms with E-state index in [9.17, 15) is 9.59 Å². The van der Waals surface area contributed by atoms with Crippen molar-refractivity contribution in [1.29, 1.82) is 0 Å². The number of aromatic amines is 1. The first kappa shape index (κ1) is 15.3. The molecule has 0 fully saturated rings. The summed E-state index contributed by atoms with van der Waals surface area (Å²) in [4.78, 5) is 30.3. The summed E-state index contributed by atoms with van der Waals surface area (Å²) in [5.41, 5.74) is 0.576. The van der Waals surface area contributed by atoms with Crippen LogP contribution in [0.25, 0.3) is 0 Å². The molecule has 0 atom stereocenters. The maximum absolute atomic E-state index is 11.6. The Morgan fingerprint density at radius 2 is 2.00 bits per heavy atom. The highest BCUT2D eigenvalue weighted by Crippen LogP contribution is 2.26. The summed E-state index contributed by atoms with van der Waals surface area (Å²) in [6.07, 6.45) is 0.00565. The normalized spacial score (nSPS) is 10.8. The second-order valence-corrected chi connectivity index (χ2v) is 6.03. The highest BCUT2D eigenvalue weighted by molar-refractivity contribution is 7.99. The first-order chi connectivity index (χ1) is 9.94. The molecule has 0 spiro atoms. The van der Waals surface area contributed by atoms with Gasteiger partial charge in [0.1, 0.15) is 10.9 Å². The van der Waals surface area contributed by atoms with Crippen molar-refractivity contribution in [2.75, 3.05) is 0 Å². The number of carboxylic acid groups (broad SMARTS) is 1. The van der Waals surface area contributed by atoms with Crippen LogP contribution in [0.1, 0.15) is 31.2 Å². The summed E-state index contributed by atoms with van der Waals surface area (Å²) in [7, 11) is 0. The Labute approximate surface area is 126 Å². The molecule has 0 unspecified atom stereocenters. The molecule has 5 nitrogen and oxygen atoms in total. The van der Waals surface area contributed by atoms with E-state index in [0.717, 1.165) is 10.5 Å². The van der Waals surface area contributed by atoms with Crippen LogP contribution in [0.2, 0.25) is 0 Å². The number of aromatic nitrogens is 2. The van der Waals surface area contributed by atoms with Crippen molar-refractivity contribution in [3.63, 3.8) is 0 Å². The number of aliphatic carboxylic acids is 1. The van der Waals surface area contributed by atoms with E-state index in [1.54, 1.807) is 12.1 Å². The Bertz CT molecular complexity index is 693. The van der Waals surface area contributed by atoms with Crippen molar-refractivity contribution in [2.45, 2.75) is 36.1 Å². The first-order valence-electron chi connectivity index (χ1n) is 6.54. The van der Waals surface area contributed by atoms with Crippen molar-refractivity contribution in [3.05, 3.63) is 52.1 Å². The van der Waals surface area contributed by atoms with Crippen molar-refractivity contribution in [3.8, 4) is 0 Å². The van der Waals surface area contributed by atoms with Gasteiger partial charge in [-0.25, -0.2) is 4.98 Å². The van der Waals surface area contributed by atoms with Crippen LogP contribution < -0.4 is 5.56 Å². The van der Waals surface area contributed by atoms with E-state index in [1.807, 2.05) is 26.0 Å². The van der Waals surface area contributed by atoms with Gasteiger partial charge in [-0.05, 0) is 17.7 Å². The Morgan fingerprint density at radius 3 is 2.57 bits per heavy atom. The predicted molar refractivity (Wildman–Crippen MR) is 80.9 cm³/mol. The average Bonchev–Trinajstić information content (AvgIpc) is 2.39. The number of H-pyrrole nitrogens is 1. The van der Waals surface area contributed by atoms with Crippen LogP contribution in [-0.4, -0.2) is 21.0 Å². The number of carboxylic acids is 1. The first-order valence-corrected chi connectivity index (χ1v) is 7.35. The van der Waals surface area contributed by atoms with Gasteiger partial charge in [-0.2, -0.15) is 0 Å². The summed E-state index contributed by atoms with van der Waals surface area (Å²) in [6.45, 7) is 3.93. The molecule has 110 valence electrons. The van der Waals surface area contributed by atoms with Crippen LogP contribution in [0.4, 0.5) is 0 Å². The smallest absolute Gasteiger partial charge is 0.307 e. The van der Waals surface area contributed by atoms with E-state index in [4.69, 9.17) is 5.11 Å². The van der Waals surface area contributed by atoms with E-state index < -0.39 is 5.97 Å². The van der Waals surface area contributed by atoms with Gasteiger partial charge in [0.2, 0.25) is 0 Å². The SMILES string of the molecule is CC(C)c1nc(Sc2ccc(CC(=O)O)cc2)cc(=O)[nH]1. The molecule has 6 heteroatoms. The fraction of sp³-hybridized carbons (Fsp3) is 0.267. The third-order valence-corrected chi connectivity index (χ3v) is 3.71. The Morgan fingerprint density at radius 1 is 1.33 bits per heavy atom. The molecule has 0 aliphatic heterocycles. The van der Waals surface area contributed by atoms with Crippen LogP contribution >= 0.6 is 11.8 Å². The minimum Gasteiger partial charge on any atom is -0.481 e. The summed E-state index contributed by atoms with van der Waals surface area (Å²) < 4.78 is 0. The molecular formula is C15H16N2O3S. The van der Waals surface area contributed by atoms with Crippen LogP contribution in [0.5, 0.6) is 0 Å². The van der Waals surface area contributed by atoms with Gasteiger partial charge in [0.25, 0.3) is 5.56 Å². The lowest BCUT2D eigenvalue weighted by Crippen LogP contribution is -2.11. The zero-order valence-electron chi connectivity index (χ0n) is 11.8. The van der Waals surface area contributed by atoms with Gasteiger partial charge in [0.05, 0.1) is 6.42 Å². The van der Waals surface area contributed by atoms with Gasteiger partial charge in [0.15, 0.2) is 0 Å². The van der Waals surface area contributed by atoms with Crippen LogP contribution in [0.3, 0.4) is 0 Å². The zero-order valence-corrected chi connectivity index (χ0v) is 12.6. The molecule has 0 amide bonds. The average molecular weight is 304 g/mol.